The molecule has 7 heteroatoms. The third kappa shape index (κ3) is 4.42. The predicted octanol–water partition coefficient (Wildman–Crippen LogP) is 1.25. The van der Waals surface area contributed by atoms with Crippen molar-refractivity contribution in [3.8, 4) is 0 Å². The van der Waals surface area contributed by atoms with E-state index < -0.39 is 6.04 Å². The van der Waals surface area contributed by atoms with Crippen molar-refractivity contribution in [2.75, 3.05) is 0 Å². The molecule has 2 rings (SSSR count). The molecule has 0 aliphatic carbocycles. The third-order valence-electron chi connectivity index (χ3n) is 3.04. The Morgan fingerprint density at radius 1 is 1.38 bits per heavy atom. The molecule has 1 atom stereocenters. The highest BCUT2D eigenvalue weighted by molar-refractivity contribution is 5.79. The average Bonchev–Trinajstić information content (AvgIpc) is 3.12. The maximum atomic E-state index is 12.1. The van der Waals surface area contributed by atoms with Gasteiger partial charge >= 0.3 is 0 Å². The molecule has 2 N–H and O–H groups in total. The molecule has 2 aromatic heterocycles. The van der Waals surface area contributed by atoms with Crippen LogP contribution in [0.1, 0.15) is 38.3 Å². The molecule has 2 aromatic rings. The molecule has 0 saturated carbocycles. The lowest BCUT2D eigenvalue weighted by Crippen LogP contribution is -2.30. The monoisotopic (exact) mass is 291 g/mol. The number of carbonyl (C=O) groups excluding carboxylic acids is 1. The van der Waals surface area contributed by atoms with Crippen molar-refractivity contribution in [2.45, 2.75) is 45.9 Å². The van der Waals surface area contributed by atoms with Gasteiger partial charge in [0.1, 0.15) is 11.8 Å². The van der Waals surface area contributed by atoms with Crippen LogP contribution in [-0.4, -0.2) is 26.9 Å². The summed E-state index contributed by atoms with van der Waals surface area (Å²) >= 11 is 0. The number of rotatable bonds is 7. The smallest absolute Gasteiger partial charge is 0.245 e. The summed E-state index contributed by atoms with van der Waals surface area (Å²) in [5.41, 5.74) is 0.814. The summed E-state index contributed by atoms with van der Waals surface area (Å²) in [6.07, 6.45) is 3.36. The van der Waals surface area contributed by atoms with Gasteiger partial charge < -0.3 is 15.1 Å². The molecule has 7 nitrogen and oxygen atoms in total. The zero-order valence-corrected chi connectivity index (χ0v) is 12.5. The SMILES string of the molecule is CC(C)NCc1cn(C(C)C(=O)NCc2ccco2)nn1. The van der Waals surface area contributed by atoms with E-state index in [2.05, 4.69) is 34.8 Å². The molecule has 1 unspecified atom stereocenters. The van der Waals surface area contributed by atoms with E-state index in [1.54, 1.807) is 30.1 Å². The van der Waals surface area contributed by atoms with Crippen molar-refractivity contribution in [1.82, 2.24) is 25.6 Å². The zero-order chi connectivity index (χ0) is 15.2. The Morgan fingerprint density at radius 2 is 2.19 bits per heavy atom. The number of carbonyl (C=O) groups is 1. The van der Waals surface area contributed by atoms with Crippen LogP contribution < -0.4 is 10.6 Å². The van der Waals surface area contributed by atoms with E-state index in [1.807, 2.05) is 6.07 Å². The molecule has 0 aromatic carbocycles. The minimum absolute atomic E-state index is 0.125. The van der Waals surface area contributed by atoms with Crippen molar-refractivity contribution in [1.29, 1.82) is 0 Å². The Morgan fingerprint density at radius 3 is 2.86 bits per heavy atom. The van der Waals surface area contributed by atoms with Crippen LogP contribution in [0.15, 0.2) is 29.0 Å². The molecule has 0 radical (unpaired) electrons. The van der Waals surface area contributed by atoms with E-state index in [-0.39, 0.29) is 5.91 Å². The van der Waals surface area contributed by atoms with Crippen LogP contribution in [0.5, 0.6) is 0 Å². The molecule has 0 fully saturated rings. The fourth-order valence-corrected chi connectivity index (χ4v) is 1.75. The quantitative estimate of drug-likeness (QED) is 0.802. The molecule has 0 spiro atoms. The number of nitrogens with zero attached hydrogens (tertiary/aromatic N) is 3. The second-order valence-corrected chi connectivity index (χ2v) is 5.20. The lowest BCUT2D eigenvalue weighted by Gasteiger charge is -2.11. The van der Waals surface area contributed by atoms with Gasteiger partial charge in [-0.1, -0.05) is 19.1 Å². The first-order valence-electron chi connectivity index (χ1n) is 7.00. The van der Waals surface area contributed by atoms with Gasteiger partial charge in [-0.25, -0.2) is 4.68 Å². The molecule has 0 bridgehead atoms. The maximum absolute atomic E-state index is 12.1. The van der Waals surface area contributed by atoms with Crippen LogP contribution in [0, 0.1) is 0 Å². The van der Waals surface area contributed by atoms with Crippen LogP contribution in [0.25, 0.3) is 0 Å². The van der Waals surface area contributed by atoms with Gasteiger partial charge in [0.2, 0.25) is 5.91 Å². The molecule has 21 heavy (non-hydrogen) atoms. The molecule has 0 aliphatic heterocycles. The topological polar surface area (TPSA) is 85.0 Å². The van der Waals surface area contributed by atoms with Crippen LogP contribution in [0.3, 0.4) is 0 Å². The first-order chi connectivity index (χ1) is 10.1. The number of furan rings is 1. The summed E-state index contributed by atoms with van der Waals surface area (Å²) in [6, 6.07) is 3.57. The first kappa shape index (κ1) is 15.2. The number of amides is 1. The molecule has 1 amide bonds. The van der Waals surface area contributed by atoms with Gasteiger partial charge in [0.25, 0.3) is 0 Å². The van der Waals surface area contributed by atoms with Crippen molar-refractivity contribution in [3.05, 3.63) is 36.0 Å². The van der Waals surface area contributed by atoms with Gasteiger partial charge in [-0.05, 0) is 19.1 Å². The van der Waals surface area contributed by atoms with Crippen LogP contribution in [-0.2, 0) is 17.9 Å². The van der Waals surface area contributed by atoms with Gasteiger partial charge in [-0.2, -0.15) is 0 Å². The van der Waals surface area contributed by atoms with Crippen molar-refractivity contribution >= 4 is 5.91 Å². The van der Waals surface area contributed by atoms with Gasteiger partial charge in [-0.3, -0.25) is 4.79 Å². The second-order valence-electron chi connectivity index (χ2n) is 5.20. The van der Waals surface area contributed by atoms with Gasteiger partial charge in [0.05, 0.1) is 24.7 Å². The van der Waals surface area contributed by atoms with E-state index in [1.165, 1.54) is 0 Å². The summed E-state index contributed by atoms with van der Waals surface area (Å²) in [4.78, 5) is 12.1. The number of hydrogen-bond donors (Lipinski definition) is 2. The Hall–Kier alpha value is -2.15. The Kier molecular flexibility index (Phi) is 5.10. The normalized spacial score (nSPS) is 12.6. The average molecular weight is 291 g/mol. The van der Waals surface area contributed by atoms with Crippen LogP contribution >= 0.6 is 0 Å². The molecular weight excluding hydrogens is 270 g/mol. The molecular formula is C14H21N5O2. The Labute approximate surface area is 123 Å². The van der Waals surface area contributed by atoms with Crippen molar-refractivity contribution < 1.29 is 9.21 Å². The third-order valence-corrected chi connectivity index (χ3v) is 3.04. The first-order valence-corrected chi connectivity index (χ1v) is 7.00. The standard InChI is InChI=1S/C14H21N5O2/c1-10(2)15-7-12-9-19(18-17-12)11(3)14(20)16-8-13-5-4-6-21-13/h4-6,9-11,15H,7-8H2,1-3H3,(H,16,20). The van der Waals surface area contributed by atoms with Crippen molar-refractivity contribution in [2.24, 2.45) is 0 Å². The van der Waals surface area contributed by atoms with Gasteiger partial charge in [-0.15, -0.1) is 5.10 Å². The highest BCUT2D eigenvalue weighted by atomic mass is 16.3. The highest BCUT2D eigenvalue weighted by Gasteiger charge is 2.16. The summed E-state index contributed by atoms with van der Waals surface area (Å²) in [7, 11) is 0. The summed E-state index contributed by atoms with van der Waals surface area (Å²) < 4.78 is 6.73. The molecule has 0 saturated heterocycles. The highest BCUT2D eigenvalue weighted by Crippen LogP contribution is 2.06. The number of aromatic nitrogens is 3. The Balaban J connectivity index is 1.86. The van der Waals surface area contributed by atoms with E-state index in [0.717, 1.165) is 11.5 Å². The zero-order valence-electron chi connectivity index (χ0n) is 12.5. The molecule has 114 valence electrons. The maximum Gasteiger partial charge on any atom is 0.245 e. The minimum atomic E-state index is -0.416. The minimum Gasteiger partial charge on any atom is -0.467 e. The van der Waals surface area contributed by atoms with Gasteiger partial charge in [0, 0.05) is 12.6 Å². The lowest BCUT2D eigenvalue weighted by atomic mass is 10.3. The van der Waals surface area contributed by atoms with Crippen LogP contribution in [0.2, 0.25) is 0 Å². The summed E-state index contributed by atoms with van der Waals surface area (Å²) in [6.45, 7) is 6.92. The second kappa shape index (κ2) is 7.03. The lowest BCUT2D eigenvalue weighted by molar-refractivity contribution is -0.124. The van der Waals surface area contributed by atoms with E-state index >= 15 is 0 Å². The Bertz CT molecular complexity index is 562. The summed E-state index contributed by atoms with van der Waals surface area (Å²) in [5, 5.41) is 14.1. The van der Waals surface area contributed by atoms with Gasteiger partial charge in [0.15, 0.2) is 0 Å². The van der Waals surface area contributed by atoms with E-state index in [9.17, 15) is 4.79 Å². The largest absolute Gasteiger partial charge is 0.467 e. The summed E-state index contributed by atoms with van der Waals surface area (Å²) in [5.74, 6) is 0.593. The molecule has 2 heterocycles. The number of nitrogens with one attached hydrogen (secondary N) is 2. The predicted molar refractivity (Wildman–Crippen MR) is 77.3 cm³/mol. The van der Waals surface area contributed by atoms with E-state index in [0.29, 0.717) is 19.1 Å². The van der Waals surface area contributed by atoms with Crippen molar-refractivity contribution in [3.63, 3.8) is 0 Å². The van der Waals surface area contributed by atoms with Crippen LogP contribution in [0.4, 0.5) is 0 Å². The fraction of sp³-hybridized carbons (Fsp3) is 0.500. The molecule has 0 aliphatic rings. The number of hydrogen-bond acceptors (Lipinski definition) is 5. The fourth-order valence-electron chi connectivity index (χ4n) is 1.75. The van der Waals surface area contributed by atoms with E-state index in [4.69, 9.17) is 4.42 Å².